The minimum absolute atomic E-state index is 0.196. The van der Waals surface area contributed by atoms with Crippen LogP contribution < -0.4 is 5.56 Å². The van der Waals surface area contributed by atoms with E-state index in [-0.39, 0.29) is 11.5 Å². The molecule has 0 fully saturated rings. The number of nitrogens with zero attached hydrogens (tertiary/aromatic N) is 2. The number of carbonyl (C=O) groups is 1. The van der Waals surface area contributed by atoms with Crippen LogP contribution in [0.5, 0.6) is 0 Å². The normalized spacial score (nSPS) is 11.0. The summed E-state index contributed by atoms with van der Waals surface area (Å²) in [5.74, 6) is -1.03. The van der Waals surface area contributed by atoms with E-state index in [1.165, 1.54) is 10.7 Å². The van der Waals surface area contributed by atoms with Gasteiger partial charge in [-0.3, -0.25) is 4.79 Å². The first-order valence-electron chi connectivity index (χ1n) is 7.22. The Morgan fingerprint density at radius 1 is 1.27 bits per heavy atom. The molecule has 0 saturated carbocycles. The van der Waals surface area contributed by atoms with E-state index >= 15 is 0 Å². The fourth-order valence-electron chi connectivity index (χ4n) is 2.40. The van der Waals surface area contributed by atoms with Gasteiger partial charge in [0.1, 0.15) is 5.56 Å². The Balaban J connectivity index is 2.68. The van der Waals surface area contributed by atoms with Crippen LogP contribution in [0.3, 0.4) is 0 Å². The van der Waals surface area contributed by atoms with Gasteiger partial charge in [0.15, 0.2) is 0 Å². The molecular formula is C17H20N2O3. The van der Waals surface area contributed by atoms with Gasteiger partial charge in [0.25, 0.3) is 5.56 Å². The minimum atomic E-state index is -1.23. The second kappa shape index (κ2) is 6.13. The molecule has 0 radical (unpaired) electrons. The van der Waals surface area contributed by atoms with Gasteiger partial charge in [0, 0.05) is 12.1 Å². The van der Waals surface area contributed by atoms with Crippen molar-refractivity contribution in [3.8, 4) is 11.3 Å². The Labute approximate surface area is 129 Å². The predicted molar refractivity (Wildman–Crippen MR) is 85.2 cm³/mol. The molecule has 0 atom stereocenters. The van der Waals surface area contributed by atoms with Gasteiger partial charge in [0.2, 0.25) is 0 Å². The van der Waals surface area contributed by atoms with E-state index in [1.54, 1.807) is 0 Å². The molecule has 2 rings (SSSR count). The number of aryl methyl sites for hydroxylation is 2. The zero-order valence-electron chi connectivity index (χ0n) is 13.3. The minimum Gasteiger partial charge on any atom is -0.477 e. The number of aromatic nitrogens is 2. The van der Waals surface area contributed by atoms with Gasteiger partial charge in [0.05, 0.1) is 5.69 Å². The summed E-state index contributed by atoms with van der Waals surface area (Å²) < 4.78 is 1.25. The summed E-state index contributed by atoms with van der Waals surface area (Å²) in [5.41, 5.74) is 2.66. The molecular weight excluding hydrogens is 280 g/mol. The summed E-state index contributed by atoms with van der Waals surface area (Å²) in [6.45, 7) is 8.24. The van der Waals surface area contributed by atoms with Gasteiger partial charge in [-0.15, -0.1) is 0 Å². The molecule has 1 aromatic carbocycles. The molecule has 0 spiro atoms. The van der Waals surface area contributed by atoms with E-state index in [0.717, 1.165) is 16.7 Å². The van der Waals surface area contributed by atoms with Crippen LogP contribution in [-0.2, 0) is 6.54 Å². The lowest BCUT2D eigenvalue weighted by molar-refractivity contribution is 0.0693. The molecule has 2 aromatic rings. The number of carboxylic acids is 1. The Morgan fingerprint density at radius 3 is 2.50 bits per heavy atom. The molecule has 5 heteroatoms. The van der Waals surface area contributed by atoms with Crippen molar-refractivity contribution >= 4 is 5.97 Å². The van der Waals surface area contributed by atoms with Crippen molar-refractivity contribution in [2.75, 3.05) is 0 Å². The molecule has 0 aliphatic heterocycles. The van der Waals surface area contributed by atoms with Crippen molar-refractivity contribution in [2.24, 2.45) is 5.92 Å². The van der Waals surface area contributed by atoms with E-state index in [2.05, 4.69) is 5.10 Å². The lowest BCUT2D eigenvalue weighted by Crippen LogP contribution is -2.30. The zero-order chi connectivity index (χ0) is 16.4. The molecule has 5 nitrogen and oxygen atoms in total. The lowest BCUT2D eigenvalue weighted by atomic mass is 10.0. The highest BCUT2D eigenvalue weighted by Crippen LogP contribution is 2.22. The highest BCUT2D eigenvalue weighted by molar-refractivity contribution is 5.88. The largest absolute Gasteiger partial charge is 0.477 e. The molecule has 1 N–H and O–H groups in total. The summed E-state index contributed by atoms with van der Waals surface area (Å²) in [7, 11) is 0. The second-order valence-electron chi connectivity index (χ2n) is 5.95. The number of rotatable bonds is 4. The molecule has 0 unspecified atom stereocenters. The quantitative estimate of drug-likeness (QED) is 0.942. The van der Waals surface area contributed by atoms with Crippen LogP contribution in [-0.4, -0.2) is 20.9 Å². The first-order chi connectivity index (χ1) is 10.3. The van der Waals surface area contributed by atoms with Crippen LogP contribution in [0.4, 0.5) is 0 Å². The van der Waals surface area contributed by atoms with Gasteiger partial charge in [-0.05, 0) is 31.4 Å². The Morgan fingerprint density at radius 2 is 1.95 bits per heavy atom. The van der Waals surface area contributed by atoms with Crippen LogP contribution in [0.15, 0.2) is 29.1 Å². The van der Waals surface area contributed by atoms with Crippen LogP contribution in [0.25, 0.3) is 11.3 Å². The van der Waals surface area contributed by atoms with Crippen molar-refractivity contribution in [3.63, 3.8) is 0 Å². The van der Waals surface area contributed by atoms with Crippen LogP contribution in [0, 0.1) is 19.8 Å². The Hall–Kier alpha value is -2.43. The monoisotopic (exact) mass is 300 g/mol. The summed E-state index contributed by atoms with van der Waals surface area (Å²) in [6, 6.07) is 7.22. The smallest absolute Gasteiger partial charge is 0.341 e. The zero-order valence-corrected chi connectivity index (χ0v) is 13.3. The average molecular weight is 300 g/mol. The van der Waals surface area contributed by atoms with E-state index in [4.69, 9.17) is 0 Å². The highest BCUT2D eigenvalue weighted by Gasteiger charge is 2.16. The standard InChI is InChI=1S/C17H20N2O3/c1-10(2)9-19-16(20)14(17(21)22)8-15(18-19)13-6-5-11(3)7-12(13)4/h5-8,10H,9H2,1-4H3,(H,21,22). The maximum Gasteiger partial charge on any atom is 0.341 e. The fraction of sp³-hybridized carbons (Fsp3) is 0.353. The Kier molecular flexibility index (Phi) is 4.45. The van der Waals surface area contributed by atoms with Crippen molar-refractivity contribution in [3.05, 3.63) is 51.3 Å². The van der Waals surface area contributed by atoms with E-state index in [1.807, 2.05) is 45.9 Å². The number of hydrogen-bond donors (Lipinski definition) is 1. The van der Waals surface area contributed by atoms with Crippen LogP contribution >= 0.6 is 0 Å². The third-order valence-corrected chi connectivity index (χ3v) is 3.40. The molecule has 0 aliphatic carbocycles. The molecule has 1 aromatic heterocycles. The fourth-order valence-corrected chi connectivity index (χ4v) is 2.40. The SMILES string of the molecule is Cc1ccc(-c2cc(C(=O)O)c(=O)n(CC(C)C)n2)c(C)c1. The van der Waals surface area contributed by atoms with Gasteiger partial charge in [-0.1, -0.05) is 37.6 Å². The first kappa shape index (κ1) is 15.9. The Bertz CT molecular complexity index is 776. The second-order valence-corrected chi connectivity index (χ2v) is 5.95. The van der Waals surface area contributed by atoms with Crippen molar-refractivity contribution in [1.82, 2.24) is 9.78 Å². The molecule has 0 aliphatic rings. The van der Waals surface area contributed by atoms with E-state index in [9.17, 15) is 14.7 Å². The average Bonchev–Trinajstić information content (AvgIpc) is 2.40. The number of benzene rings is 1. The third-order valence-electron chi connectivity index (χ3n) is 3.40. The summed E-state index contributed by atoms with van der Waals surface area (Å²) in [6.07, 6.45) is 0. The molecule has 22 heavy (non-hydrogen) atoms. The van der Waals surface area contributed by atoms with Gasteiger partial charge in [-0.25, -0.2) is 9.48 Å². The van der Waals surface area contributed by atoms with Gasteiger partial charge < -0.3 is 5.11 Å². The number of hydrogen-bond acceptors (Lipinski definition) is 3. The number of carboxylic acid groups (broad SMARTS) is 1. The van der Waals surface area contributed by atoms with Gasteiger partial charge >= 0.3 is 5.97 Å². The third kappa shape index (κ3) is 3.24. The maximum atomic E-state index is 12.2. The van der Waals surface area contributed by atoms with E-state index < -0.39 is 11.5 Å². The maximum absolute atomic E-state index is 12.2. The van der Waals surface area contributed by atoms with Crippen LogP contribution in [0.2, 0.25) is 0 Å². The van der Waals surface area contributed by atoms with Crippen molar-refractivity contribution < 1.29 is 9.90 Å². The summed E-state index contributed by atoms with van der Waals surface area (Å²) in [5, 5.41) is 13.6. The lowest BCUT2D eigenvalue weighted by Gasteiger charge is -2.12. The van der Waals surface area contributed by atoms with E-state index in [0.29, 0.717) is 12.2 Å². The molecule has 0 bridgehead atoms. The summed E-state index contributed by atoms with van der Waals surface area (Å²) >= 11 is 0. The first-order valence-corrected chi connectivity index (χ1v) is 7.22. The van der Waals surface area contributed by atoms with Crippen molar-refractivity contribution in [2.45, 2.75) is 34.2 Å². The van der Waals surface area contributed by atoms with Gasteiger partial charge in [-0.2, -0.15) is 5.10 Å². The summed E-state index contributed by atoms with van der Waals surface area (Å²) in [4.78, 5) is 23.5. The highest BCUT2D eigenvalue weighted by atomic mass is 16.4. The molecule has 1 heterocycles. The topological polar surface area (TPSA) is 72.2 Å². The molecule has 0 saturated heterocycles. The number of aromatic carboxylic acids is 1. The van der Waals surface area contributed by atoms with Crippen LogP contribution in [0.1, 0.15) is 35.3 Å². The molecule has 0 amide bonds. The van der Waals surface area contributed by atoms with Crippen molar-refractivity contribution in [1.29, 1.82) is 0 Å². The predicted octanol–water partition coefficient (Wildman–Crippen LogP) is 2.88. The molecule has 116 valence electrons.